The Labute approximate surface area is 175 Å². The van der Waals surface area contributed by atoms with Crippen molar-refractivity contribution < 1.29 is 9.26 Å². The Hall–Kier alpha value is -2.58. The Bertz CT molecular complexity index is 1210. The van der Waals surface area contributed by atoms with Gasteiger partial charge in [0.15, 0.2) is 5.16 Å². The van der Waals surface area contributed by atoms with Crippen LogP contribution in [0, 0.1) is 0 Å². The lowest BCUT2D eigenvalue weighted by Gasteiger charge is -2.13. The molecule has 8 heteroatoms. The molecule has 0 bridgehead atoms. The number of fused-ring (bicyclic) bond motifs is 3. The fourth-order valence-corrected chi connectivity index (χ4v) is 5.87. The fraction of sp³-hybridized carbons (Fsp3) is 0.286. The highest BCUT2D eigenvalue weighted by Gasteiger charge is 2.24. The molecule has 1 aliphatic carbocycles. The molecule has 0 aliphatic heterocycles. The summed E-state index contributed by atoms with van der Waals surface area (Å²) in [6.45, 7) is 2.55. The van der Waals surface area contributed by atoms with Crippen LogP contribution in [0.5, 0.6) is 5.75 Å². The molecule has 0 spiro atoms. The van der Waals surface area contributed by atoms with Gasteiger partial charge < -0.3 is 9.26 Å². The van der Waals surface area contributed by atoms with Crippen molar-refractivity contribution in [3.05, 3.63) is 63.1 Å². The van der Waals surface area contributed by atoms with Gasteiger partial charge in [-0.1, -0.05) is 16.9 Å². The van der Waals surface area contributed by atoms with Gasteiger partial charge in [-0.2, -0.15) is 0 Å². The van der Waals surface area contributed by atoms with Crippen LogP contribution in [-0.2, 0) is 18.6 Å². The molecule has 0 unspecified atom stereocenters. The van der Waals surface area contributed by atoms with Gasteiger partial charge in [-0.3, -0.25) is 9.36 Å². The van der Waals surface area contributed by atoms with Crippen molar-refractivity contribution in [2.24, 2.45) is 0 Å². The highest BCUT2D eigenvalue weighted by atomic mass is 32.2. The number of ether oxygens (including phenoxy) is 1. The normalized spacial score (nSPS) is 13.1. The second-order valence-corrected chi connectivity index (χ2v) is 8.80. The summed E-state index contributed by atoms with van der Waals surface area (Å²) in [5, 5.41) is 5.41. The van der Waals surface area contributed by atoms with Crippen molar-refractivity contribution >= 4 is 33.3 Å². The zero-order chi connectivity index (χ0) is 19.8. The number of thiophene rings is 1. The van der Waals surface area contributed by atoms with E-state index in [2.05, 4.69) is 5.16 Å². The topological polar surface area (TPSA) is 70.2 Å². The molecule has 0 radical (unpaired) electrons. The van der Waals surface area contributed by atoms with E-state index in [4.69, 9.17) is 14.2 Å². The number of hydrogen-bond donors (Lipinski definition) is 0. The maximum Gasteiger partial charge on any atom is 0.267 e. The van der Waals surface area contributed by atoms with Crippen LogP contribution in [0.4, 0.5) is 0 Å². The molecule has 0 amide bonds. The highest BCUT2D eigenvalue weighted by Crippen LogP contribution is 2.36. The van der Waals surface area contributed by atoms with Crippen LogP contribution in [0.3, 0.4) is 0 Å². The quantitative estimate of drug-likeness (QED) is 0.332. The molecule has 3 heterocycles. The van der Waals surface area contributed by atoms with Crippen molar-refractivity contribution in [3.8, 4) is 11.4 Å². The molecule has 0 saturated heterocycles. The molecule has 0 N–H and O–H groups in total. The molecule has 0 atom stereocenters. The van der Waals surface area contributed by atoms with Crippen LogP contribution in [0.15, 0.2) is 51.1 Å². The molecule has 1 aromatic carbocycles. The minimum Gasteiger partial charge on any atom is -0.494 e. The molecule has 0 fully saturated rings. The molecule has 5 rings (SSSR count). The van der Waals surface area contributed by atoms with E-state index in [9.17, 15) is 4.79 Å². The van der Waals surface area contributed by atoms with Crippen molar-refractivity contribution in [1.29, 1.82) is 0 Å². The summed E-state index contributed by atoms with van der Waals surface area (Å²) in [6, 6.07) is 9.42. The number of hydrogen-bond acceptors (Lipinski definition) is 7. The average Bonchev–Trinajstić information content (AvgIpc) is 3.45. The first-order chi connectivity index (χ1) is 14.2. The second kappa shape index (κ2) is 7.68. The van der Waals surface area contributed by atoms with E-state index in [1.165, 1.54) is 22.2 Å². The minimum absolute atomic E-state index is 0.00112. The number of aromatic nitrogens is 3. The molecular formula is C21H19N3O3S2. The van der Waals surface area contributed by atoms with Gasteiger partial charge in [0.05, 0.1) is 23.4 Å². The van der Waals surface area contributed by atoms with Gasteiger partial charge in [-0.15, -0.1) is 11.3 Å². The summed E-state index contributed by atoms with van der Waals surface area (Å²) in [4.78, 5) is 20.6. The number of aryl methyl sites for hydroxylation is 2. The Morgan fingerprint density at radius 2 is 2.10 bits per heavy atom. The third-order valence-electron chi connectivity index (χ3n) is 4.95. The molecule has 6 nitrogen and oxygen atoms in total. The summed E-state index contributed by atoms with van der Waals surface area (Å²) in [6.07, 6.45) is 4.67. The van der Waals surface area contributed by atoms with E-state index >= 15 is 0 Å². The first kappa shape index (κ1) is 18.4. The molecule has 148 valence electrons. The van der Waals surface area contributed by atoms with Gasteiger partial charge in [0.25, 0.3) is 5.56 Å². The van der Waals surface area contributed by atoms with E-state index in [0.717, 1.165) is 46.6 Å². The molecule has 0 saturated carbocycles. The minimum atomic E-state index is 0.00112. The van der Waals surface area contributed by atoms with Gasteiger partial charge >= 0.3 is 0 Å². The maximum absolute atomic E-state index is 13.6. The fourth-order valence-electron chi connectivity index (χ4n) is 3.66. The van der Waals surface area contributed by atoms with E-state index in [1.807, 2.05) is 37.3 Å². The lowest BCUT2D eigenvalue weighted by Crippen LogP contribution is -2.21. The predicted octanol–water partition coefficient (Wildman–Crippen LogP) is 4.61. The Kier molecular flexibility index (Phi) is 4.89. The molecule has 4 aromatic rings. The number of nitrogens with zero attached hydrogens (tertiary/aromatic N) is 3. The van der Waals surface area contributed by atoms with Crippen LogP contribution in [0.1, 0.15) is 29.5 Å². The zero-order valence-electron chi connectivity index (χ0n) is 15.9. The standard InChI is InChI=1S/C21H19N3O3S2/c1-2-26-15-8-6-14(7-9-15)24-20(25)18-16-4-3-5-17(16)29-19(18)22-21(24)28-12-13-10-11-27-23-13/h6-11H,2-5,12H2,1H3. The summed E-state index contributed by atoms with van der Waals surface area (Å²) in [7, 11) is 0. The van der Waals surface area contributed by atoms with Gasteiger partial charge in [-0.05, 0) is 56.0 Å². The zero-order valence-corrected chi connectivity index (χ0v) is 17.5. The van der Waals surface area contributed by atoms with Crippen LogP contribution < -0.4 is 10.3 Å². The third kappa shape index (κ3) is 3.36. The van der Waals surface area contributed by atoms with Gasteiger partial charge in [0.2, 0.25) is 0 Å². The largest absolute Gasteiger partial charge is 0.494 e. The van der Waals surface area contributed by atoms with E-state index in [0.29, 0.717) is 17.5 Å². The van der Waals surface area contributed by atoms with Crippen molar-refractivity contribution in [3.63, 3.8) is 0 Å². The molecule has 29 heavy (non-hydrogen) atoms. The van der Waals surface area contributed by atoms with Crippen molar-refractivity contribution in [2.45, 2.75) is 37.1 Å². The van der Waals surface area contributed by atoms with Crippen LogP contribution in [-0.4, -0.2) is 21.3 Å². The summed E-state index contributed by atoms with van der Waals surface area (Å²) >= 11 is 3.15. The van der Waals surface area contributed by atoms with E-state index in [1.54, 1.807) is 22.2 Å². The molecule has 3 aromatic heterocycles. The van der Waals surface area contributed by atoms with Crippen LogP contribution >= 0.6 is 23.1 Å². The molecule has 1 aliphatic rings. The van der Waals surface area contributed by atoms with Gasteiger partial charge in [-0.25, -0.2) is 4.98 Å². The Balaban J connectivity index is 1.64. The van der Waals surface area contributed by atoms with Crippen molar-refractivity contribution in [1.82, 2.24) is 14.7 Å². The first-order valence-corrected chi connectivity index (χ1v) is 11.4. The van der Waals surface area contributed by atoms with E-state index < -0.39 is 0 Å². The van der Waals surface area contributed by atoms with E-state index in [-0.39, 0.29) is 5.56 Å². The lowest BCUT2D eigenvalue weighted by atomic mass is 10.2. The summed E-state index contributed by atoms with van der Waals surface area (Å²) in [5.41, 5.74) is 2.79. The monoisotopic (exact) mass is 425 g/mol. The summed E-state index contributed by atoms with van der Waals surface area (Å²) < 4.78 is 12.2. The van der Waals surface area contributed by atoms with Gasteiger partial charge in [0, 0.05) is 16.7 Å². The smallest absolute Gasteiger partial charge is 0.267 e. The highest BCUT2D eigenvalue weighted by molar-refractivity contribution is 7.98. The van der Waals surface area contributed by atoms with Crippen molar-refractivity contribution in [2.75, 3.05) is 6.61 Å². The third-order valence-corrected chi connectivity index (χ3v) is 7.11. The van der Waals surface area contributed by atoms with Gasteiger partial charge in [0.1, 0.15) is 16.8 Å². The van der Waals surface area contributed by atoms with Crippen LogP contribution in [0.25, 0.3) is 15.9 Å². The predicted molar refractivity (Wildman–Crippen MR) is 114 cm³/mol. The second-order valence-electron chi connectivity index (χ2n) is 6.78. The average molecular weight is 426 g/mol. The lowest BCUT2D eigenvalue weighted by molar-refractivity contribution is 0.340. The first-order valence-electron chi connectivity index (χ1n) is 9.57. The Morgan fingerprint density at radius 3 is 2.86 bits per heavy atom. The maximum atomic E-state index is 13.6. The number of benzene rings is 1. The SMILES string of the molecule is CCOc1ccc(-n2c(SCc3ccon3)nc3sc4c(c3c2=O)CCC4)cc1. The summed E-state index contributed by atoms with van der Waals surface area (Å²) in [5.74, 6) is 1.36. The van der Waals surface area contributed by atoms with Crippen LogP contribution in [0.2, 0.25) is 0 Å². The number of thioether (sulfide) groups is 1. The molecular weight excluding hydrogens is 406 g/mol. The number of rotatable bonds is 6. The Morgan fingerprint density at radius 1 is 1.24 bits per heavy atom.